The number of hydrogen-bond donors (Lipinski definition) is 0. The fourth-order valence-electron chi connectivity index (χ4n) is 1.02. The second-order valence-corrected chi connectivity index (χ2v) is 2.76. The van der Waals surface area contributed by atoms with Crippen molar-refractivity contribution in [2.45, 2.75) is 0 Å². The summed E-state index contributed by atoms with van der Waals surface area (Å²) in [6.45, 7) is 0. The predicted octanol–water partition coefficient (Wildman–Crippen LogP) is 0.874. The van der Waals surface area contributed by atoms with Crippen molar-refractivity contribution < 1.29 is 4.74 Å². The molecule has 0 amide bonds. The maximum Gasteiger partial charge on any atom is 0.341 e. The van der Waals surface area contributed by atoms with Gasteiger partial charge in [0, 0.05) is 13.2 Å². The Morgan fingerprint density at radius 3 is 3.00 bits per heavy atom. The number of aryl methyl sites for hydroxylation is 1. The van der Waals surface area contributed by atoms with E-state index in [1.807, 2.05) is 6.07 Å². The third-order valence-corrected chi connectivity index (χ3v) is 1.66. The molecule has 0 aliphatic heterocycles. The first-order chi connectivity index (χ1) is 7.29. The van der Waals surface area contributed by atoms with Gasteiger partial charge in [-0.25, -0.2) is 4.98 Å². The lowest BCUT2D eigenvalue weighted by Crippen LogP contribution is -1.93. The van der Waals surface area contributed by atoms with Crippen LogP contribution in [0.5, 0.6) is 11.8 Å². The van der Waals surface area contributed by atoms with Gasteiger partial charge in [0.2, 0.25) is 0 Å². The Balaban J connectivity index is 2.28. The maximum atomic E-state index is 8.76. The van der Waals surface area contributed by atoms with Crippen LogP contribution < -0.4 is 4.74 Å². The van der Waals surface area contributed by atoms with Gasteiger partial charge in [0.25, 0.3) is 0 Å². The number of nitriles is 1. The van der Waals surface area contributed by atoms with Gasteiger partial charge >= 0.3 is 6.01 Å². The van der Waals surface area contributed by atoms with Gasteiger partial charge in [-0.05, 0) is 12.1 Å². The summed E-state index contributed by atoms with van der Waals surface area (Å²) in [5.74, 6) is 0.353. The van der Waals surface area contributed by atoms with E-state index in [0.717, 1.165) is 0 Å². The summed E-state index contributed by atoms with van der Waals surface area (Å²) in [6.07, 6.45) is 3.04. The Morgan fingerprint density at radius 2 is 2.33 bits per heavy atom. The monoisotopic (exact) mass is 201 g/mol. The molecule has 6 nitrogen and oxygen atoms in total. The highest BCUT2D eigenvalue weighted by Gasteiger charge is 2.07. The molecule has 2 aromatic rings. The van der Waals surface area contributed by atoms with E-state index in [0.29, 0.717) is 5.75 Å². The topological polar surface area (TPSA) is 76.6 Å². The Labute approximate surface area is 85.8 Å². The average Bonchev–Trinajstić information content (AvgIpc) is 2.65. The van der Waals surface area contributed by atoms with Crippen molar-refractivity contribution in [1.82, 2.24) is 19.7 Å². The van der Waals surface area contributed by atoms with E-state index in [1.54, 1.807) is 19.2 Å². The second-order valence-electron chi connectivity index (χ2n) is 2.76. The van der Waals surface area contributed by atoms with Crippen LogP contribution in [-0.4, -0.2) is 19.7 Å². The Bertz CT molecular complexity index is 513. The first-order valence-electron chi connectivity index (χ1n) is 4.18. The van der Waals surface area contributed by atoms with E-state index in [2.05, 4.69) is 15.1 Å². The summed E-state index contributed by atoms with van der Waals surface area (Å²) >= 11 is 0. The summed E-state index contributed by atoms with van der Waals surface area (Å²) in [7, 11) is 1.73. The van der Waals surface area contributed by atoms with Crippen LogP contribution in [0.4, 0.5) is 0 Å². The van der Waals surface area contributed by atoms with Crippen LogP contribution in [0.25, 0.3) is 0 Å². The number of rotatable bonds is 2. The van der Waals surface area contributed by atoms with Crippen molar-refractivity contribution in [3.8, 4) is 17.8 Å². The number of hydrogen-bond acceptors (Lipinski definition) is 5. The highest BCUT2D eigenvalue weighted by molar-refractivity contribution is 5.37. The van der Waals surface area contributed by atoms with E-state index < -0.39 is 0 Å². The molecule has 0 saturated carbocycles. The molecular weight excluding hydrogens is 194 g/mol. The van der Waals surface area contributed by atoms with Crippen molar-refractivity contribution in [2.24, 2.45) is 7.05 Å². The van der Waals surface area contributed by atoms with Crippen LogP contribution >= 0.6 is 0 Å². The van der Waals surface area contributed by atoms with E-state index >= 15 is 0 Å². The molecule has 2 aromatic heterocycles. The van der Waals surface area contributed by atoms with Gasteiger partial charge in [0.15, 0.2) is 11.4 Å². The van der Waals surface area contributed by atoms with Crippen molar-refractivity contribution in [3.63, 3.8) is 0 Å². The van der Waals surface area contributed by atoms with Gasteiger partial charge < -0.3 is 4.74 Å². The summed E-state index contributed by atoms with van der Waals surface area (Å²) < 4.78 is 6.80. The standard InChI is InChI=1S/C9H7N5O/c1-14-6-12-9(13-14)15-8-3-2-4-11-7(8)5-10/h2-4,6H,1H3. The molecule has 0 spiro atoms. The lowest BCUT2D eigenvalue weighted by Gasteiger charge is -2.00. The Hall–Kier alpha value is -2.42. The zero-order chi connectivity index (χ0) is 10.7. The molecule has 0 radical (unpaired) electrons. The first-order valence-corrected chi connectivity index (χ1v) is 4.18. The first kappa shape index (κ1) is 9.15. The molecule has 15 heavy (non-hydrogen) atoms. The minimum absolute atomic E-state index is 0.196. The summed E-state index contributed by atoms with van der Waals surface area (Å²) in [4.78, 5) is 7.73. The van der Waals surface area contributed by atoms with Gasteiger partial charge in [-0.15, -0.1) is 5.10 Å². The van der Waals surface area contributed by atoms with Gasteiger partial charge in [0.1, 0.15) is 12.4 Å². The lowest BCUT2D eigenvalue weighted by molar-refractivity contribution is 0.435. The molecular formula is C9H7N5O. The number of aromatic nitrogens is 4. The molecule has 74 valence electrons. The van der Waals surface area contributed by atoms with Gasteiger partial charge in [-0.3, -0.25) is 4.68 Å². The fraction of sp³-hybridized carbons (Fsp3) is 0.111. The van der Waals surface area contributed by atoms with Crippen LogP contribution in [0, 0.1) is 11.3 Å². The molecule has 0 unspecified atom stereocenters. The van der Waals surface area contributed by atoms with E-state index in [9.17, 15) is 0 Å². The van der Waals surface area contributed by atoms with Gasteiger partial charge in [0.05, 0.1) is 0 Å². The average molecular weight is 201 g/mol. The van der Waals surface area contributed by atoms with Crippen LogP contribution in [-0.2, 0) is 7.05 Å². The number of pyridine rings is 1. The molecule has 0 saturated heterocycles. The van der Waals surface area contributed by atoms with Crippen molar-refractivity contribution in [2.75, 3.05) is 0 Å². The molecule has 2 heterocycles. The minimum Gasteiger partial charge on any atom is -0.420 e. The fourth-order valence-corrected chi connectivity index (χ4v) is 1.02. The SMILES string of the molecule is Cn1cnc(Oc2cccnc2C#N)n1. The number of nitrogens with zero attached hydrogens (tertiary/aromatic N) is 5. The lowest BCUT2D eigenvalue weighted by atomic mass is 10.3. The number of ether oxygens (including phenoxy) is 1. The van der Waals surface area contributed by atoms with Crippen LogP contribution in [0.1, 0.15) is 5.69 Å². The zero-order valence-corrected chi connectivity index (χ0v) is 7.95. The molecule has 0 aliphatic rings. The third kappa shape index (κ3) is 1.91. The van der Waals surface area contributed by atoms with Crippen LogP contribution in [0.15, 0.2) is 24.7 Å². The van der Waals surface area contributed by atoms with Crippen LogP contribution in [0.3, 0.4) is 0 Å². The highest BCUT2D eigenvalue weighted by atomic mass is 16.5. The summed E-state index contributed by atoms with van der Waals surface area (Å²) in [5, 5.41) is 12.7. The molecule has 0 atom stereocenters. The van der Waals surface area contributed by atoms with Crippen molar-refractivity contribution >= 4 is 0 Å². The zero-order valence-electron chi connectivity index (χ0n) is 7.95. The van der Waals surface area contributed by atoms with Crippen LogP contribution in [0.2, 0.25) is 0 Å². The predicted molar refractivity (Wildman–Crippen MR) is 50.0 cm³/mol. The normalized spacial score (nSPS) is 9.60. The molecule has 0 fully saturated rings. The van der Waals surface area contributed by atoms with Gasteiger partial charge in [-0.2, -0.15) is 10.2 Å². The molecule has 0 aromatic carbocycles. The Morgan fingerprint density at radius 1 is 1.47 bits per heavy atom. The Kier molecular flexibility index (Phi) is 2.29. The molecule has 6 heteroatoms. The molecule has 0 bridgehead atoms. The van der Waals surface area contributed by atoms with Crippen molar-refractivity contribution in [3.05, 3.63) is 30.4 Å². The molecule has 0 N–H and O–H groups in total. The van der Waals surface area contributed by atoms with E-state index in [1.165, 1.54) is 17.2 Å². The largest absolute Gasteiger partial charge is 0.420 e. The smallest absolute Gasteiger partial charge is 0.341 e. The van der Waals surface area contributed by atoms with Gasteiger partial charge in [-0.1, -0.05) is 0 Å². The molecule has 2 rings (SSSR count). The van der Waals surface area contributed by atoms with E-state index in [4.69, 9.17) is 10.00 Å². The third-order valence-electron chi connectivity index (χ3n) is 1.66. The minimum atomic E-state index is 0.196. The quantitative estimate of drug-likeness (QED) is 0.720. The highest BCUT2D eigenvalue weighted by Crippen LogP contribution is 2.19. The second kappa shape index (κ2) is 3.75. The summed E-state index contributed by atoms with van der Waals surface area (Å²) in [6, 6.07) is 5.44. The van der Waals surface area contributed by atoms with Crippen molar-refractivity contribution in [1.29, 1.82) is 5.26 Å². The van der Waals surface area contributed by atoms with E-state index in [-0.39, 0.29) is 11.7 Å². The maximum absolute atomic E-state index is 8.76. The summed E-state index contributed by atoms with van der Waals surface area (Å²) in [5.41, 5.74) is 0.213. The molecule has 0 aliphatic carbocycles.